The Balaban J connectivity index is 0.00000139. The topological polar surface area (TPSA) is 130 Å². The molecule has 0 saturated carbocycles. The molecule has 6 rings (SSSR count). The molecule has 0 spiro atoms. The summed E-state index contributed by atoms with van der Waals surface area (Å²) in [6, 6.07) is 4.10. The highest BCUT2D eigenvalue weighted by atomic mass is 35.5. The molecule has 0 amide bonds. The summed E-state index contributed by atoms with van der Waals surface area (Å²) < 4.78 is 71.2. The van der Waals surface area contributed by atoms with E-state index in [0.717, 1.165) is 32.4 Å². The van der Waals surface area contributed by atoms with Crippen LogP contribution in [-0.4, -0.2) is 82.9 Å². The van der Waals surface area contributed by atoms with Gasteiger partial charge in [-0.15, -0.1) is 11.3 Å². The van der Waals surface area contributed by atoms with Crippen molar-refractivity contribution in [2.24, 2.45) is 10.9 Å². The monoisotopic (exact) mass is 711 g/mol. The maximum atomic E-state index is 14.0. The Morgan fingerprint density at radius 2 is 1.94 bits per heavy atom. The lowest BCUT2D eigenvalue weighted by Gasteiger charge is -2.32. The van der Waals surface area contributed by atoms with Gasteiger partial charge in [0.1, 0.15) is 11.9 Å². The van der Waals surface area contributed by atoms with Crippen LogP contribution in [-0.2, 0) is 19.6 Å². The van der Waals surface area contributed by atoms with Gasteiger partial charge >= 0.3 is 12.7 Å². The number of alkyl halides is 2. The van der Waals surface area contributed by atoms with Gasteiger partial charge in [-0.1, -0.05) is 31.0 Å². The molecule has 0 unspecified atom stereocenters. The first kappa shape index (κ1) is 34.9. The number of nitrogens with one attached hydrogen (secondary N) is 1. The Morgan fingerprint density at radius 1 is 1.19 bits per heavy atom. The Hall–Kier alpha value is -3.40. The van der Waals surface area contributed by atoms with Crippen molar-refractivity contribution in [3.8, 4) is 0 Å². The third kappa shape index (κ3) is 8.19. The standard InChI is InChI=1S/C29H33ClF3N7O2S2.CO2/c1-2-18-5-9-38(10-6-18)12-14-44(41,42)37-20-16-24-25(23-7-11-40(36-23)29(32)33)26(21-4-3-19(31)15-22(21)30)35-27(39(24)17-20)28-34-8-13-43-28;2-1-3/h3-4,7-8,11,13,15,18,20,26,29,37H,2,5-6,9-10,12,14,16-17H2,1H3;/t20-,26-;/m0./s1. The highest BCUT2D eigenvalue weighted by Gasteiger charge is 2.42. The molecule has 2 fully saturated rings. The summed E-state index contributed by atoms with van der Waals surface area (Å²) in [5.74, 6) is 0.653. The van der Waals surface area contributed by atoms with Gasteiger partial charge in [0.25, 0.3) is 0 Å². The van der Waals surface area contributed by atoms with Crippen LogP contribution in [0.25, 0.3) is 5.57 Å². The highest BCUT2D eigenvalue weighted by molar-refractivity contribution is 7.89. The summed E-state index contributed by atoms with van der Waals surface area (Å²) in [5.41, 5.74) is 1.88. The average molecular weight is 712 g/mol. The second kappa shape index (κ2) is 15.2. The van der Waals surface area contributed by atoms with Crippen LogP contribution in [0, 0.1) is 11.7 Å². The first-order valence-electron chi connectivity index (χ1n) is 15.0. The number of hydrogen-bond donors (Lipinski definition) is 1. The fourth-order valence-corrected chi connectivity index (χ4v) is 8.41. The average Bonchev–Trinajstić information content (AvgIpc) is 3.82. The lowest BCUT2D eigenvalue weighted by atomic mass is 9.92. The minimum atomic E-state index is -3.64. The smallest absolute Gasteiger partial charge is 0.326 e. The van der Waals surface area contributed by atoms with Crippen molar-refractivity contribution >= 4 is 50.5 Å². The fraction of sp³-hybridized carbons (Fsp3) is 0.467. The van der Waals surface area contributed by atoms with E-state index < -0.39 is 34.5 Å². The molecule has 2 aromatic heterocycles. The van der Waals surface area contributed by atoms with Gasteiger partial charge < -0.3 is 9.80 Å². The zero-order valence-electron chi connectivity index (χ0n) is 25.4. The van der Waals surface area contributed by atoms with E-state index in [1.807, 2.05) is 4.90 Å². The molecule has 17 heteroatoms. The number of sulfonamides is 1. The number of likely N-dealkylation sites (tertiary alicyclic amines) is 1. The molecular weight excluding hydrogens is 679 g/mol. The van der Waals surface area contributed by atoms with E-state index in [1.54, 1.807) is 11.6 Å². The molecule has 3 aromatic rings. The fourth-order valence-electron chi connectivity index (χ4n) is 6.21. The first-order valence-corrected chi connectivity index (χ1v) is 17.9. The predicted molar refractivity (Wildman–Crippen MR) is 170 cm³/mol. The van der Waals surface area contributed by atoms with Crippen LogP contribution in [0.5, 0.6) is 0 Å². The molecule has 2 atom stereocenters. The van der Waals surface area contributed by atoms with Crippen LogP contribution in [0.4, 0.5) is 13.2 Å². The lowest BCUT2D eigenvalue weighted by molar-refractivity contribution is -0.191. The number of amidine groups is 1. The zero-order valence-corrected chi connectivity index (χ0v) is 27.7. The molecule has 3 aliphatic rings. The van der Waals surface area contributed by atoms with Gasteiger partial charge in [-0.05, 0) is 50.0 Å². The maximum Gasteiger partial charge on any atom is 0.373 e. The Kier molecular flexibility index (Phi) is 11.3. The molecule has 1 aromatic carbocycles. The number of halogens is 4. The number of carbonyl (C=O) groups excluding carboxylic acids is 2. The van der Waals surface area contributed by atoms with E-state index in [2.05, 4.69) is 26.6 Å². The van der Waals surface area contributed by atoms with Crippen LogP contribution >= 0.6 is 22.9 Å². The van der Waals surface area contributed by atoms with Crippen molar-refractivity contribution < 1.29 is 31.2 Å². The van der Waals surface area contributed by atoms with Crippen LogP contribution in [0.1, 0.15) is 61.5 Å². The maximum absolute atomic E-state index is 14.0. The van der Waals surface area contributed by atoms with Crippen molar-refractivity contribution in [3.05, 3.63) is 74.8 Å². The molecule has 0 aliphatic carbocycles. The number of fused-ring (bicyclic) bond motifs is 1. The Bertz CT molecular complexity index is 1750. The number of nitrogens with zero attached hydrogens (tertiary/aromatic N) is 6. The summed E-state index contributed by atoms with van der Waals surface area (Å²) >= 11 is 7.88. The Labute approximate surface area is 279 Å². The summed E-state index contributed by atoms with van der Waals surface area (Å²) in [5, 5.41) is 6.66. The molecule has 2 saturated heterocycles. The third-order valence-electron chi connectivity index (χ3n) is 8.53. The van der Waals surface area contributed by atoms with Crippen LogP contribution in [0.15, 0.2) is 52.7 Å². The number of piperidine rings is 1. The van der Waals surface area contributed by atoms with E-state index >= 15 is 0 Å². The summed E-state index contributed by atoms with van der Waals surface area (Å²) in [4.78, 5) is 29.8. The second-order valence-corrected chi connectivity index (χ2v) is 14.6. The van der Waals surface area contributed by atoms with Crippen molar-refractivity contribution in [2.45, 2.75) is 51.2 Å². The number of hydrogen-bond acceptors (Lipinski definition) is 10. The first-order chi connectivity index (χ1) is 22.5. The third-order valence-corrected chi connectivity index (χ3v) is 11.0. The lowest BCUT2D eigenvalue weighted by Crippen LogP contribution is -2.43. The van der Waals surface area contributed by atoms with Crippen molar-refractivity contribution in [2.75, 3.05) is 31.9 Å². The van der Waals surface area contributed by atoms with Gasteiger partial charge in [-0.2, -0.15) is 23.5 Å². The molecular formula is C30H33ClF3N7O4S2. The molecule has 11 nitrogen and oxygen atoms in total. The van der Waals surface area contributed by atoms with E-state index in [0.29, 0.717) is 44.8 Å². The second-order valence-electron chi connectivity index (χ2n) is 11.4. The number of thiazole rings is 1. The van der Waals surface area contributed by atoms with Gasteiger partial charge in [0, 0.05) is 65.2 Å². The zero-order chi connectivity index (χ0) is 33.7. The minimum Gasteiger partial charge on any atom is -0.326 e. The van der Waals surface area contributed by atoms with Crippen LogP contribution in [0.2, 0.25) is 5.02 Å². The van der Waals surface area contributed by atoms with E-state index in [9.17, 15) is 21.6 Å². The molecule has 47 heavy (non-hydrogen) atoms. The molecule has 5 heterocycles. The molecule has 252 valence electrons. The van der Waals surface area contributed by atoms with Gasteiger partial charge in [0.05, 0.1) is 11.4 Å². The van der Waals surface area contributed by atoms with E-state index in [4.69, 9.17) is 26.2 Å². The van der Waals surface area contributed by atoms with Crippen LogP contribution in [0.3, 0.4) is 0 Å². The predicted octanol–water partition coefficient (Wildman–Crippen LogP) is 4.97. The van der Waals surface area contributed by atoms with Gasteiger partial charge in [0.2, 0.25) is 10.0 Å². The number of benzene rings is 1. The minimum absolute atomic E-state index is 0.0216. The van der Waals surface area contributed by atoms with E-state index in [1.165, 1.54) is 41.8 Å². The molecule has 0 bridgehead atoms. The summed E-state index contributed by atoms with van der Waals surface area (Å²) in [6.45, 7) is 1.85. The van der Waals surface area contributed by atoms with Gasteiger partial charge in [0.15, 0.2) is 10.8 Å². The molecule has 0 radical (unpaired) electrons. The number of rotatable bonds is 10. The van der Waals surface area contributed by atoms with Crippen molar-refractivity contribution in [1.82, 2.24) is 29.3 Å². The quantitative estimate of drug-likeness (QED) is 0.312. The summed E-state index contributed by atoms with van der Waals surface area (Å²) in [6.07, 6.45) is 6.64. The normalized spacial score (nSPS) is 20.6. The molecule has 1 N–H and O–H groups in total. The highest BCUT2D eigenvalue weighted by Crippen LogP contribution is 2.46. The molecule has 3 aliphatic heterocycles. The number of aliphatic imine (C=N–C) groups is 1. The van der Waals surface area contributed by atoms with Crippen LogP contribution < -0.4 is 4.72 Å². The van der Waals surface area contributed by atoms with E-state index in [-0.39, 0.29) is 35.6 Å². The SMILES string of the molecule is CCC1CCN(CCS(=O)(=O)N[C@H]2CC3=C(c4ccn(C(F)F)n4)[C@H](c4ccc(F)cc4Cl)N=C(c4nccs4)N3C2)CC1.O=C=O. The van der Waals surface area contributed by atoms with Gasteiger partial charge in [-0.3, -0.25) is 4.99 Å². The summed E-state index contributed by atoms with van der Waals surface area (Å²) in [7, 11) is -3.64. The van der Waals surface area contributed by atoms with Crippen molar-refractivity contribution in [3.63, 3.8) is 0 Å². The Morgan fingerprint density at radius 3 is 2.55 bits per heavy atom. The van der Waals surface area contributed by atoms with Crippen molar-refractivity contribution in [1.29, 1.82) is 0 Å². The largest absolute Gasteiger partial charge is 0.373 e. The number of aromatic nitrogens is 3. The van der Waals surface area contributed by atoms with Gasteiger partial charge in [-0.25, -0.2) is 27.2 Å².